The van der Waals surface area contributed by atoms with Gasteiger partial charge in [0.1, 0.15) is 5.82 Å². The molecule has 2 atom stereocenters. The molecule has 0 bridgehead atoms. The molecule has 28 heavy (non-hydrogen) atoms. The summed E-state index contributed by atoms with van der Waals surface area (Å²) in [7, 11) is 2.00. The average Bonchev–Trinajstić information content (AvgIpc) is 3.10. The van der Waals surface area contributed by atoms with E-state index in [1.165, 1.54) is 24.0 Å². The number of hydrogen-bond acceptors (Lipinski definition) is 6. The number of aromatic nitrogens is 2. The summed E-state index contributed by atoms with van der Waals surface area (Å²) in [4.78, 5) is 20.8. The van der Waals surface area contributed by atoms with Crippen LogP contribution in [0.2, 0.25) is 0 Å². The number of carbonyl (C=O) groups is 1. The zero-order valence-corrected chi connectivity index (χ0v) is 16.2. The van der Waals surface area contributed by atoms with Crippen molar-refractivity contribution in [2.24, 2.45) is 5.73 Å². The van der Waals surface area contributed by atoms with Gasteiger partial charge in [-0.15, -0.1) is 0 Å². The number of benzene rings is 1. The maximum absolute atomic E-state index is 11.9. The molecule has 1 heterocycles. The van der Waals surface area contributed by atoms with Gasteiger partial charge in [-0.3, -0.25) is 4.79 Å². The highest BCUT2D eigenvalue weighted by atomic mass is 16.1. The fourth-order valence-corrected chi connectivity index (χ4v) is 4.43. The van der Waals surface area contributed by atoms with Gasteiger partial charge in [0.05, 0.1) is 6.20 Å². The van der Waals surface area contributed by atoms with Gasteiger partial charge in [0, 0.05) is 18.1 Å². The summed E-state index contributed by atoms with van der Waals surface area (Å²) in [5, 5.41) is 10.3. The van der Waals surface area contributed by atoms with E-state index >= 15 is 0 Å². The number of nitrogens with two attached hydrogens (primary N) is 1. The van der Waals surface area contributed by atoms with Crippen molar-refractivity contribution in [1.29, 1.82) is 0 Å². The van der Waals surface area contributed by atoms with Crippen molar-refractivity contribution in [2.45, 2.75) is 56.7 Å². The Morgan fingerprint density at radius 1 is 1.07 bits per heavy atom. The van der Waals surface area contributed by atoms with E-state index in [0.717, 1.165) is 25.7 Å². The Bertz CT molecular complexity index is 830. The van der Waals surface area contributed by atoms with Gasteiger partial charge in [-0.05, 0) is 43.9 Å². The molecule has 0 spiro atoms. The monoisotopic (exact) mass is 380 g/mol. The first-order valence-corrected chi connectivity index (χ1v) is 10.1. The molecule has 148 valence electrons. The second-order valence-electron chi connectivity index (χ2n) is 7.77. The van der Waals surface area contributed by atoms with E-state index in [1.54, 1.807) is 6.20 Å². The highest BCUT2D eigenvalue weighted by molar-refractivity contribution is 5.95. The van der Waals surface area contributed by atoms with Gasteiger partial charge in [0.25, 0.3) is 5.91 Å². The van der Waals surface area contributed by atoms with Gasteiger partial charge in [-0.2, -0.15) is 0 Å². The van der Waals surface area contributed by atoms with Crippen LogP contribution in [0, 0.1) is 0 Å². The number of fused-ring (bicyclic) bond motifs is 1. The predicted molar refractivity (Wildman–Crippen MR) is 111 cm³/mol. The highest BCUT2D eigenvalue weighted by Gasteiger charge is 2.26. The number of likely N-dealkylation sites (N-methyl/N-ethyl adjacent to an activating group) is 1. The second-order valence-corrected chi connectivity index (χ2v) is 7.77. The molecule has 0 radical (unpaired) electrons. The molecular formula is C21H28N6O. The van der Waals surface area contributed by atoms with E-state index in [4.69, 9.17) is 5.73 Å². The summed E-state index contributed by atoms with van der Waals surface area (Å²) in [6.45, 7) is 0. The first kappa shape index (κ1) is 18.7. The van der Waals surface area contributed by atoms with E-state index < -0.39 is 5.91 Å². The van der Waals surface area contributed by atoms with Crippen LogP contribution >= 0.6 is 0 Å². The highest BCUT2D eigenvalue weighted by Crippen LogP contribution is 2.26. The quantitative estimate of drug-likeness (QED) is 0.612. The molecule has 7 heteroatoms. The predicted octanol–water partition coefficient (Wildman–Crippen LogP) is 2.10. The lowest BCUT2D eigenvalue weighted by atomic mass is 9.90. The molecule has 0 saturated heterocycles. The largest absolute Gasteiger partial charge is 0.365 e. The van der Waals surface area contributed by atoms with E-state index in [0.29, 0.717) is 23.7 Å². The van der Waals surface area contributed by atoms with Gasteiger partial charge in [-0.1, -0.05) is 37.1 Å². The number of anilines is 2. The number of nitrogens with zero attached hydrogens (tertiary/aromatic N) is 2. The lowest BCUT2D eigenvalue weighted by Gasteiger charge is -2.32. The molecule has 1 amide bonds. The van der Waals surface area contributed by atoms with Crippen molar-refractivity contribution in [2.75, 3.05) is 17.7 Å². The van der Waals surface area contributed by atoms with Gasteiger partial charge >= 0.3 is 0 Å². The minimum absolute atomic E-state index is 0.180. The van der Waals surface area contributed by atoms with E-state index in [1.807, 2.05) is 7.05 Å². The summed E-state index contributed by atoms with van der Waals surface area (Å²) >= 11 is 0. The van der Waals surface area contributed by atoms with Crippen LogP contribution in [0.25, 0.3) is 0 Å². The fraction of sp³-hybridized carbons (Fsp3) is 0.476. The Balaban J connectivity index is 1.52. The minimum atomic E-state index is -0.567. The van der Waals surface area contributed by atoms with Crippen LogP contribution in [-0.2, 0) is 12.8 Å². The van der Waals surface area contributed by atoms with Crippen LogP contribution < -0.4 is 21.7 Å². The zero-order valence-electron chi connectivity index (χ0n) is 16.2. The molecule has 2 aromatic rings. The second kappa shape index (κ2) is 8.14. The summed E-state index contributed by atoms with van der Waals surface area (Å²) in [6.07, 6.45) is 8.09. The normalized spacial score (nSPS) is 21.9. The third-order valence-electron chi connectivity index (χ3n) is 5.87. The third kappa shape index (κ3) is 3.94. The van der Waals surface area contributed by atoms with Gasteiger partial charge in [0.15, 0.2) is 11.5 Å². The Morgan fingerprint density at radius 2 is 1.75 bits per heavy atom. The number of hydrogen-bond donors (Lipinski definition) is 4. The molecular weight excluding hydrogens is 352 g/mol. The SMILES string of the molecule is CNC1CCCCC1Nc1cnc(C(N)=O)c(NC2Cc3ccccc3C2)n1. The number of carbonyl (C=O) groups excluding carboxylic acids is 1. The number of amides is 1. The van der Waals surface area contributed by atoms with E-state index in [2.05, 4.69) is 50.2 Å². The van der Waals surface area contributed by atoms with Gasteiger partial charge in [0.2, 0.25) is 0 Å². The van der Waals surface area contributed by atoms with Crippen LogP contribution in [0.3, 0.4) is 0 Å². The molecule has 0 aliphatic heterocycles. The smallest absolute Gasteiger partial charge is 0.271 e. The Kier molecular flexibility index (Phi) is 5.43. The lowest BCUT2D eigenvalue weighted by molar-refractivity contribution is 0.0996. The Hall–Kier alpha value is -2.67. The Morgan fingerprint density at radius 3 is 2.39 bits per heavy atom. The lowest BCUT2D eigenvalue weighted by Crippen LogP contribution is -2.44. The Labute approximate surface area is 165 Å². The van der Waals surface area contributed by atoms with Crippen molar-refractivity contribution in [3.8, 4) is 0 Å². The topological polar surface area (TPSA) is 105 Å². The molecule has 2 aliphatic rings. The zero-order chi connectivity index (χ0) is 19.5. The summed E-state index contributed by atoms with van der Waals surface area (Å²) in [6, 6.07) is 9.31. The van der Waals surface area contributed by atoms with Gasteiger partial charge < -0.3 is 21.7 Å². The van der Waals surface area contributed by atoms with Crippen LogP contribution in [0.4, 0.5) is 11.6 Å². The molecule has 1 fully saturated rings. The molecule has 4 rings (SSSR count). The maximum atomic E-state index is 11.9. The molecule has 7 nitrogen and oxygen atoms in total. The first-order valence-electron chi connectivity index (χ1n) is 10.1. The number of primary amides is 1. The molecule has 1 aromatic heterocycles. The summed E-state index contributed by atoms with van der Waals surface area (Å²) in [5.41, 5.74) is 8.40. The number of nitrogens with one attached hydrogen (secondary N) is 3. The van der Waals surface area contributed by atoms with Crippen molar-refractivity contribution < 1.29 is 4.79 Å². The molecule has 1 aromatic carbocycles. The first-order chi connectivity index (χ1) is 13.6. The minimum Gasteiger partial charge on any atom is -0.365 e. The van der Waals surface area contributed by atoms with Gasteiger partial charge in [-0.25, -0.2) is 9.97 Å². The summed E-state index contributed by atoms with van der Waals surface area (Å²) < 4.78 is 0. The number of rotatable bonds is 6. The maximum Gasteiger partial charge on any atom is 0.271 e. The van der Waals surface area contributed by atoms with Crippen LogP contribution in [0.1, 0.15) is 47.3 Å². The van der Waals surface area contributed by atoms with Crippen molar-refractivity contribution in [3.05, 3.63) is 47.3 Å². The van der Waals surface area contributed by atoms with Crippen LogP contribution in [0.5, 0.6) is 0 Å². The molecule has 1 saturated carbocycles. The van der Waals surface area contributed by atoms with Crippen LogP contribution in [0.15, 0.2) is 30.5 Å². The van der Waals surface area contributed by atoms with Crippen molar-refractivity contribution in [1.82, 2.24) is 15.3 Å². The average molecular weight is 380 g/mol. The van der Waals surface area contributed by atoms with Crippen molar-refractivity contribution >= 4 is 17.5 Å². The van der Waals surface area contributed by atoms with Crippen molar-refractivity contribution in [3.63, 3.8) is 0 Å². The fourth-order valence-electron chi connectivity index (χ4n) is 4.43. The standard InChI is InChI=1S/C21H28N6O/c1-23-16-8-4-5-9-17(16)26-18-12-24-19(20(22)28)21(27-18)25-15-10-13-6-2-3-7-14(13)11-15/h2-3,6-7,12,15-17,23H,4-5,8-11H2,1H3,(H2,22,28)(H2,25,26,27). The molecule has 5 N–H and O–H groups in total. The summed E-state index contributed by atoms with van der Waals surface area (Å²) in [5.74, 6) is 0.574. The third-order valence-corrected chi connectivity index (χ3v) is 5.87. The van der Waals surface area contributed by atoms with E-state index in [9.17, 15) is 4.79 Å². The molecule has 2 aliphatic carbocycles. The van der Waals surface area contributed by atoms with Crippen LogP contribution in [-0.4, -0.2) is 41.0 Å². The van der Waals surface area contributed by atoms with E-state index in [-0.39, 0.29) is 11.7 Å². The molecule has 2 unspecified atom stereocenters.